The zero-order chi connectivity index (χ0) is 37.7. The highest BCUT2D eigenvalue weighted by Crippen LogP contribution is 2.39. The van der Waals surface area contributed by atoms with Gasteiger partial charge < -0.3 is 9.73 Å². The van der Waals surface area contributed by atoms with Crippen molar-refractivity contribution in [3.63, 3.8) is 0 Å². The van der Waals surface area contributed by atoms with Gasteiger partial charge in [-0.3, -0.25) is 0 Å². The van der Waals surface area contributed by atoms with E-state index in [4.69, 9.17) is 14.4 Å². The third-order valence-corrected chi connectivity index (χ3v) is 11.1. The Kier molecular flexibility index (Phi) is 7.85. The molecule has 268 valence electrons. The van der Waals surface area contributed by atoms with E-state index in [1.165, 1.54) is 27.3 Å². The number of nitrogens with zero attached hydrogens (tertiary/aromatic N) is 2. The van der Waals surface area contributed by atoms with Crippen LogP contribution in [0.5, 0.6) is 0 Å². The smallest absolute Gasteiger partial charge is 0.159 e. The molecule has 2 heterocycles. The van der Waals surface area contributed by atoms with Crippen molar-refractivity contribution in [1.82, 2.24) is 5.32 Å². The van der Waals surface area contributed by atoms with Crippen LogP contribution < -0.4 is 5.32 Å². The van der Waals surface area contributed by atoms with E-state index in [0.29, 0.717) is 5.84 Å². The molecule has 1 N–H and O–H groups in total. The van der Waals surface area contributed by atoms with E-state index in [-0.39, 0.29) is 6.17 Å². The fraction of sp³-hybridized carbons (Fsp3) is 0.0189. The molecule has 0 saturated carbocycles. The highest BCUT2D eigenvalue weighted by molar-refractivity contribution is 6.15. The molecule has 1 aliphatic heterocycles. The Labute approximate surface area is 330 Å². The first-order valence-electron chi connectivity index (χ1n) is 19.3. The number of furan rings is 1. The van der Waals surface area contributed by atoms with E-state index < -0.39 is 0 Å². The zero-order valence-corrected chi connectivity index (χ0v) is 30.9. The van der Waals surface area contributed by atoms with Crippen LogP contribution in [0.25, 0.3) is 76.9 Å². The van der Waals surface area contributed by atoms with Gasteiger partial charge in [0, 0.05) is 21.9 Å². The van der Waals surface area contributed by atoms with E-state index in [1.807, 2.05) is 6.07 Å². The minimum absolute atomic E-state index is 0.327. The van der Waals surface area contributed by atoms with E-state index in [0.717, 1.165) is 72.1 Å². The lowest BCUT2D eigenvalue weighted by atomic mass is 9.95. The normalized spacial score (nSPS) is 14.1. The minimum atomic E-state index is -0.327. The van der Waals surface area contributed by atoms with Crippen molar-refractivity contribution in [2.24, 2.45) is 9.98 Å². The summed E-state index contributed by atoms with van der Waals surface area (Å²) in [7, 11) is 0. The Hall–Kier alpha value is -7.56. The second-order valence-corrected chi connectivity index (χ2v) is 14.6. The number of nitrogens with one attached hydrogen (secondary N) is 1. The summed E-state index contributed by atoms with van der Waals surface area (Å²) in [5.41, 5.74) is 11.7. The molecule has 1 aliphatic rings. The fourth-order valence-electron chi connectivity index (χ4n) is 8.26. The van der Waals surface area contributed by atoms with Gasteiger partial charge in [0.15, 0.2) is 5.84 Å². The highest BCUT2D eigenvalue weighted by atomic mass is 16.3. The largest absolute Gasteiger partial charge is 0.456 e. The molecule has 0 amide bonds. The van der Waals surface area contributed by atoms with Crippen LogP contribution in [0.2, 0.25) is 0 Å². The van der Waals surface area contributed by atoms with Crippen LogP contribution in [0.4, 0.5) is 0 Å². The van der Waals surface area contributed by atoms with Crippen molar-refractivity contribution in [2.75, 3.05) is 0 Å². The molecule has 0 radical (unpaired) electrons. The first kappa shape index (κ1) is 32.8. The lowest BCUT2D eigenvalue weighted by molar-refractivity contribution is 0.669. The SMILES string of the molecule is c1ccc(-c2cccc(C3N=C(c4ccc5ccccc5c4)N=C(c4ccc(-c5cccc6oc7cc(-c8cccc9ccccc89)ccc7c56)cc4)N3)c2)cc1. The summed E-state index contributed by atoms with van der Waals surface area (Å²) in [6.07, 6.45) is -0.327. The predicted octanol–water partition coefficient (Wildman–Crippen LogP) is 13.4. The molecular weight excluding hydrogens is 695 g/mol. The molecule has 1 aromatic heterocycles. The van der Waals surface area contributed by atoms with Gasteiger partial charge in [-0.15, -0.1) is 0 Å². The molecule has 0 saturated heterocycles. The molecule has 11 rings (SSSR count). The second-order valence-electron chi connectivity index (χ2n) is 14.6. The Morgan fingerprint density at radius 1 is 0.404 bits per heavy atom. The second kappa shape index (κ2) is 13.6. The Morgan fingerprint density at radius 2 is 1.09 bits per heavy atom. The molecule has 0 bridgehead atoms. The third-order valence-electron chi connectivity index (χ3n) is 11.1. The molecule has 0 spiro atoms. The lowest BCUT2D eigenvalue weighted by Gasteiger charge is -2.24. The standard InChI is InChI=1S/C53H35N3O/c1-2-11-34(12-3-1)40-17-8-18-42(31-40)52-54-51(55-53(56-52)43-28-23-35-13-4-5-15-39(35)32-43)38-26-24-37(25-27-38)46-21-10-22-48-50(46)47-30-29-41(33-49(47)57-48)45-20-9-16-36-14-6-7-19-44(36)45/h1-33,52H,(H,54,55,56). The number of hydrogen-bond donors (Lipinski definition) is 1. The van der Waals surface area contributed by atoms with E-state index in [1.54, 1.807) is 0 Å². The first-order valence-corrected chi connectivity index (χ1v) is 19.3. The predicted molar refractivity (Wildman–Crippen MR) is 237 cm³/mol. The lowest BCUT2D eigenvalue weighted by Crippen LogP contribution is -2.33. The monoisotopic (exact) mass is 729 g/mol. The van der Waals surface area contributed by atoms with Crippen molar-refractivity contribution >= 4 is 55.2 Å². The summed E-state index contributed by atoms with van der Waals surface area (Å²) < 4.78 is 6.54. The maximum absolute atomic E-state index is 6.54. The van der Waals surface area contributed by atoms with Gasteiger partial charge in [-0.2, -0.15) is 0 Å². The van der Waals surface area contributed by atoms with Crippen molar-refractivity contribution in [2.45, 2.75) is 6.17 Å². The average Bonchev–Trinajstić information content (AvgIpc) is 3.67. The highest BCUT2D eigenvalue weighted by Gasteiger charge is 2.22. The van der Waals surface area contributed by atoms with Gasteiger partial charge in [0.1, 0.15) is 23.2 Å². The van der Waals surface area contributed by atoms with Crippen LogP contribution in [-0.4, -0.2) is 11.7 Å². The summed E-state index contributed by atoms with van der Waals surface area (Å²) in [5.74, 6) is 1.48. The van der Waals surface area contributed by atoms with Crippen LogP contribution in [0.15, 0.2) is 215 Å². The van der Waals surface area contributed by atoms with Crippen molar-refractivity contribution < 1.29 is 4.42 Å². The van der Waals surface area contributed by atoms with E-state index in [9.17, 15) is 0 Å². The topological polar surface area (TPSA) is 49.9 Å². The Balaban J connectivity index is 0.966. The number of aliphatic imine (C=N–C) groups is 2. The third kappa shape index (κ3) is 5.96. The Morgan fingerprint density at radius 3 is 1.98 bits per heavy atom. The number of amidine groups is 2. The average molecular weight is 730 g/mol. The molecule has 0 aliphatic carbocycles. The summed E-state index contributed by atoms with van der Waals surface area (Å²) in [6, 6.07) is 70.5. The van der Waals surface area contributed by atoms with Crippen molar-refractivity contribution in [3.05, 3.63) is 217 Å². The maximum atomic E-state index is 6.54. The Bertz CT molecular complexity index is 3210. The molecule has 10 aromatic rings. The first-order chi connectivity index (χ1) is 28.2. The van der Waals surface area contributed by atoms with Crippen LogP contribution in [-0.2, 0) is 0 Å². The van der Waals surface area contributed by atoms with Gasteiger partial charge in [0.25, 0.3) is 0 Å². The summed E-state index contributed by atoms with van der Waals surface area (Å²) >= 11 is 0. The van der Waals surface area contributed by atoms with E-state index in [2.05, 4.69) is 199 Å². The van der Waals surface area contributed by atoms with Crippen LogP contribution in [0.1, 0.15) is 22.9 Å². The molecule has 4 nitrogen and oxygen atoms in total. The van der Waals surface area contributed by atoms with Gasteiger partial charge in [0.05, 0.1) is 0 Å². The molecule has 9 aromatic carbocycles. The zero-order valence-electron chi connectivity index (χ0n) is 30.9. The summed E-state index contributed by atoms with van der Waals surface area (Å²) in [4.78, 5) is 10.4. The van der Waals surface area contributed by atoms with Gasteiger partial charge in [-0.05, 0) is 90.8 Å². The fourth-order valence-corrected chi connectivity index (χ4v) is 8.26. The minimum Gasteiger partial charge on any atom is -0.456 e. The van der Waals surface area contributed by atoms with Gasteiger partial charge in [-0.1, -0.05) is 170 Å². The van der Waals surface area contributed by atoms with Gasteiger partial charge >= 0.3 is 0 Å². The number of fused-ring (bicyclic) bond motifs is 5. The van der Waals surface area contributed by atoms with Crippen molar-refractivity contribution in [3.8, 4) is 33.4 Å². The number of benzene rings is 9. The molecule has 1 unspecified atom stereocenters. The summed E-state index contributed by atoms with van der Waals surface area (Å²) in [5, 5.41) is 10.7. The van der Waals surface area contributed by atoms with E-state index >= 15 is 0 Å². The number of hydrogen-bond acceptors (Lipinski definition) is 4. The van der Waals surface area contributed by atoms with Crippen molar-refractivity contribution in [1.29, 1.82) is 0 Å². The molecule has 57 heavy (non-hydrogen) atoms. The van der Waals surface area contributed by atoms with Crippen LogP contribution in [0, 0.1) is 0 Å². The van der Waals surface area contributed by atoms with Crippen LogP contribution >= 0.6 is 0 Å². The summed E-state index contributed by atoms with van der Waals surface area (Å²) in [6.45, 7) is 0. The molecule has 0 fully saturated rings. The quantitative estimate of drug-likeness (QED) is 0.185. The van der Waals surface area contributed by atoms with Gasteiger partial charge in [0.2, 0.25) is 0 Å². The molecule has 1 atom stereocenters. The maximum Gasteiger partial charge on any atom is 0.159 e. The van der Waals surface area contributed by atoms with Crippen LogP contribution in [0.3, 0.4) is 0 Å². The molecular formula is C53H35N3O. The number of rotatable bonds is 6. The van der Waals surface area contributed by atoms with Gasteiger partial charge in [-0.25, -0.2) is 9.98 Å². The molecule has 4 heteroatoms.